The third kappa shape index (κ3) is 6.94. The van der Waals surface area contributed by atoms with Crippen molar-refractivity contribution in [3.05, 3.63) is 65.5 Å². The highest BCUT2D eigenvalue weighted by molar-refractivity contribution is 5.90. The molecule has 6 nitrogen and oxygen atoms in total. The zero-order valence-corrected chi connectivity index (χ0v) is 23.9. The Labute approximate surface area is 243 Å². The molecule has 2 aromatic carbocycles. The molecule has 0 spiro atoms. The van der Waals surface area contributed by atoms with Crippen LogP contribution in [0.4, 0.5) is 4.39 Å². The maximum atomic E-state index is 14.4. The first-order chi connectivity index (χ1) is 20.1. The van der Waals surface area contributed by atoms with Crippen molar-refractivity contribution in [3.8, 4) is 5.75 Å². The number of unbranched alkanes of at least 4 members (excludes halogenated alkanes) is 1. The fraction of sp³-hybridized carbons (Fsp3) is 0.588. The van der Waals surface area contributed by atoms with Crippen molar-refractivity contribution in [1.82, 2.24) is 5.32 Å². The van der Waals surface area contributed by atoms with Crippen LogP contribution in [-0.4, -0.2) is 43.2 Å². The predicted octanol–water partition coefficient (Wildman–Crippen LogP) is 6.40. The topological polar surface area (TPSA) is 69.2 Å². The van der Waals surface area contributed by atoms with Gasteiger partial charge in [-0.05, 0) is 60.9 Å². The minimum Gasteiger partial charge on any atom is -0.489 e. The van der Waals surface area contributed by atoms with Crippen LogP contribution in [0.5, 0.6) is 5.75 Å². The van der Waals surface area contributed by atoms with Crippen LogP contribution in [0.3, 0.4) is 0 Å². The van der Waals surface area contributed by atoms with Gasteiger partial charge in [-0.2, -0.15) is 0 Å². The van der Waals surface area contributed by atoms with Gasteiger partial charge in [0.2, 0.25) is 5.91 Å². The number of carbonyl (C=O) groups excluding carboxylic acids is 1. The Kier molecular flexibility index (Phi) is 9.19. The van der Waals surface area contributed by atoms with Gasteiger partial charge in [-0.15, -0.1) is 0 Å². The number of nitrogens with one attached hydrogen (secondary N) is 1. The van der Waals surface area contributed by atoms with Gasteiger partial charge in [0.1, 0.15) is 24.8 Å². The van der Waals surface area contributed by atoms with Crippen LogP contribution in [-0.2, 0) is 27.3 Å². The summed E-state index contributed by atoms with van der Waals surface area (Å²) in [5, 5.41) is 3.08. The standard InChI is InChI=1S/C34H43FN2O4/c35-26-14-15-29(39-21-24-12-5-2-6-13-24)25(19-26)20-27-30-16-17-31(41-30)32(27)34-37-28(22-40-34)33(38)36-18-8-7-11-23-9-3-1-4-10-23/h2,5-6,12-15,19,23,27-28,30-32H,1,3-4,7-11,16-18,20-22H2,(H,36,38). The second kappa shape index (κ2) is 13.4. The van der Waals surface area contributed by atoms with Crippen LogP contribution in [0.1, 0.15) is 75.3 Å². The van der Waals surface area contributed by atoms with E-state index in [2.05, 4.69) is 5.32 Å². The lowest BCUT2D eigenvalue weighted by Gasteiger charge is -2.28. The lowest BCUT2D eigenvalue weighted by molar-refractivity contribution is -0.122. The lowest BCUT2D eigenvalue weighted by Crippen LogP contribution is -2.35. The first kappa shape index (κ1) is 28.2. The Balaban J connectivity index is 1.05. The Morgan fingerprint density at radius 3 is 2.68 bits per heavy atom. The Morgan fingerprint density at radius 2 is 1.83 bits per heavy atom. The third-order valence-corrected chi connectivity index (χ3v) is 9.46. The van der Waals surface area contributed by atoms with Crippen molar-refractivity contribution in [2.45, 2.75) is 95.5 Å². The predicted molar refractivity (Wildman–Crippen MR) is 156 cm³/mol. The summed E-state index contributed by atoms with van der Waals surface area (Å²) in [5.74, 6) is 1.92. The molecule has 1 amide bonds. The van der Waals surface area contributed by atoms with Crippen molar-refractivity contribution >= 4 is 11.8 Å². The summed E-state index contributed by atoms with van der Waals surface area (Å²) >= 11 is 0. The second-order valence-electron chi connectivity index (χ2n) is 12.3. The smallest absolute Gasteiger partial charge is 0.248 e. The molecule has 0 radical (unpaired) electrons. The molecule has 3 aliphatic heterocycles. The van der Waals surface area contributed by atoms with E-state index in [1.54, 1.807) is 12.1 Å². The van der Waals surface area contributed by atoms with Crippen LogP contribution in [0.2, 0.25) is 0 Å². The zero-order valence-electron chi connectivity index (χ0n) is 23.9. The molecule has 41 heavy (non-hydrogen) atoms. The summed E-state index contributed by atoms with van der Waals surface area (Å²) < 4.78 is 32.9. The number of hydrogen-bond acceptors (Lipinski definition) is 5. The van der Waals surface area contributed by atoms with Crippen molar-refractivity contribution in [1.29, 1.82) is 0 Å². The Morgan fingerprint density at radius 1 is 1.00 bits per heavy atom. The number of aliphatic imine (C=N–C) groups is 1. The quantitative estimate of drug-likeness (QED) is 0.304. The molecule has 4 aliphatic rings. The van der Waals surface area contributed by atoms with E-state index in [1.807, 2.05) is 30.3 Å². The summed E-state index contributed by atoms with van der Waals surface area (Å²) in [6, 6.07) is 14.2. The maximum Gasteiger partial charge on any atom is 0.248 e. The van der Waals surface area contributed by atoms with Crippen LogP contribution in [0, 0.1) is 23.6 Å². The number of halogens is 1. The van der Waals surface area contributed by atoms with Crippen molar-refractivity contribution in [3.63, 3.8) is 0 Å². The molecular formula is C34H43FN2O4. The van der Waals surface area contributed by atoms with E-state index in [0.717, 1.165) is 36.3 Å². The number of carbonyl (C=O) groups is 1. The van der Waals surface area contributed by atoms with E-state index in [0.29, 0.717) is 31.2 Å². The number of benzene rings is 2. The first-order valence-corrected chi connectivity index (χ1v) is 15.7. The highest BCUT2D eigenvalue weighted by Gasteiger charge is 2.53. The average molecular weight is 563 g/mol. The molecular weight excluding hydrogens is 519 g/mol. The Hall–Kier alpha value is -2.93. The number of fused-ring (bicyclic) bond motifs is 2. The van der Waals surface area contributed by atoms with Crippen molar-refractivity contribution in [2.75, 3.05) is 13.2 Å². The van der Waals surface area contributed by atoms with E-state index in [4.69, 9.17) is 19.2 Å². The molecule has 5 unspecified atom stereocenters. The van der Waals surface area contributed by atoms with E-state index in [-0.39, 0.29) is 42.4 Å². The van der Waals surface area contributed by atoms with E-state index in [1.165, 1.54) is 51.0 Å². The summed E-state index contributed by atoms with van der Waals surface area (Å²) in [6.45, 7) is 1.39. The highest BCUT2D eigenvalue weighted by atomic mass is 19.1. The van der Waals surface area contributed by atoms with Gasteiger partial charge in [-0.3, -0.25) is 4.79 Å². The molecule has 2 bridgehead atoms. The molecule has 6 rings (SSSR count). The molecule has 1 saturated carbocycles. The van der Waals surface area contributed by atoms with E-state index in [9.17, 15) is 9.18 Å². The SMILES string of the molecule is O=C(NCCCCC1CCCCC1)C1COC(C2C3CCC(O3)C2Cc2cc(F)ccc2OCc2ccccc2)=N1. The van der Waals surface area contributed by atoms with Crippen LogP contribution < -0.4 is 10.1 Å². The summed E-state index contributed by atoms with van der Waals surface area (Å²) in [4.78, 5) is 17.7. The van der Waals surface area contributed by atoms with Crippen LogP contribution >= 0.6 is 0 Å². The van der Waals surface area contributed by atoms with Crippen molar-refractivity contribution in [2.24, 2.45) is 22.7 Å². The van der Waals surface area contributed by atoms with Crippen LogP contribution in [0.25, 0.3) is 0 Å². The first-order valence-electron chi connectivity index (χ1n) is 15.7. The average Bonchev–Trinajstić information content (AvgIpc) is 3.75. The summed E-state index contributed by atoms with van der Waals surface area (Å²) in [6.07, 6.45) is 13.0. The number of ether oxygens (including phenoxy) is 3. The molecule has 0 aromatic heterocycles. The fourth-order valence-electron chi connectivity index (χ4n) is 7.29. The minimum absolute atomic E-state index is 0.0209. The van der Waals surface area contributed by atoms with Gasteiger partial charge in [-0.25, -0.2) is 9.38 Å². The molecule has 1 N–H and O–H groups in total. The molecule has 7 heteroatoms. The van der Waals surface area contributed by atoms with Gasteiger partial charge in [0.05, 0.1) is 18.1 Å². The molecule has 3 fully saturated rings. The minimum atomic E-state index is -0.512. The largest absolute Gasteiger partial charge is 0.489 e. The number of nitrogens with zero attached hydrogens (tertiary/aromatic N) is 1. The molecule has 220 valence electrons. The lowest BCUT2D eigenvalue weighted by atomic mass is 9.76. The highest BCUT2D eigenvalue weighted by Crippen LogP contribution is 2.47. The van der Waals surface area contributed by atoms with Gasteiger partial charge < -0.3 is 19.5 Å². The monoisotopic (exact) mass is 562 g/mol. The third-order valence-electron chi connectivity index (χ3n) is 9.46. The summed E-state index contributed by atoms with van der Waals surface area (Å²) in [7, 11) is 0. The van der Waals surface area contributed by atoms with E-state index < -0.39 is 6.04 Å². The van der Waals surface area contributed by atoms with Crippen LogP contribution in [0.15, 0.2) is 53.5 Å². The van der Waals surface area contributed by atoms with Gasteiger partial charge >= 0.3 is 0 Å². The van der Waals surface area contributed by atoms with E-state index >= 15 is 0 Å². The number of rotatable bonds is 12. The second-order valence-corrected chi connectivity index (χ2v) is 12.3. The molecule has 5 atom stereocenters. The normalized spacial score (nSPS) is 27.4. The zero-order chi connectivity index (χ0) is 28.0. The van der Waals surface area contributed by atoms with Gasteiger partial charge in [0, 0.05) is 12.5 Å². The van der Waals surface area contributed by atoms with Gasteiger partial charge in [0.15, 0.2) is 11.9 Å². The van der Waals surface area contributed by atoms with Crippen molar-refractivity contribution < 1.29 is 23.4 Å². The Bertz CT molecular complexity index is 1200. The molecule has 2 saturated heterocycles. The molecule has 1 aliphatic carbocycles. The van der Waals surface area contributed by atoms with Gasteiger partial charge in [0.25, 0.3) is 0 Å². The molecule has 3 heterocycles. The maximum absolute atomic E-state index is 14.4. The number of amides is 1. The van der Waals surface area contributed by atoms with Gasteiger partial charge in [-0.1, -0.05) is 75.3 Å². The molecule has 2 aromatic rings. The summed E-state index contributed by atoms with van der Waals surface area (Å²) in [5.41, 5.74) is 1.89. The number of hydrogen-bond donors (Lipinski definition) is 1. The fourth-order valence-corrected chi connectivity index (χ4v) is 7.29.